The predicted molar refractivity (Wildman–Crippen MR) is 65.7 cm³/mol. The Bertz CT molecular complexity index is 406. The van der Waals surface area contributed by atoms with Crippen LogP contribution in [0.15, 0.2) is 24.3 Å². The Labute approximate surface area is 101 Å². The largest absolute Gasteiger partial charge is 0.481 e. The van der Waals surface area contributed by atoms with E-state index >= 15 is 0 Å². The summed E-state index contributed by atoms with van der Waals surface area (Å²) in [5.41, 5.74) is 7.90. The van der Waals surface area contributed by atoms with E-state index in [1.807, 2.05) is 12.1 Å². The van der Waals surface area contributed by atoms with E-state index in [-0.39, 0.29) is 11.8 Å². The molecule has 2 atom stereocenters. The number of nitrogens with two attached hydrogens (primary N) is 1. The van der Waals surface area contributed by atoms with E-state index in [2.05, 4.69) is 17.4 Å². The number of hydrogen-bond acceptors (Lipinski definition) is 3. The number of hydrogen-bond donors (Lipinski definition) is 3. The van der Waals surface area contributed by atoms with Crippen LogP contribution in [-0.2, 0) is 11.3 Å². The molecule has 1 aromatic rings. The van der Waals surface area contributed by atoms with Crippen molar-refractivity contribution in [3.05, 3.63) is 35.4 Å². The number of aliphatic carboxylic acids is 1. The zero-order valence-corrected chi connectivity index (χ0v) is 9.73. The van der Waals surface area contributed by atoms with E-state index in [1.54, 1.807) is 0 Å². The minimum Gasteiger partial charge on any atom is -0.481 e. The monoisotopic (exact) mass is 234 g/mol. The molecule has 0 aromatic heterocycles. The Kier molecular flexibility index (Phi) is 3.76. The number of nitrogens with one attached hydrogen (secondary N) is 1. The molecule has 1 aliphatic rings. The first-order chi connectivity index (χ1) is 8.20. The molecule has 4 nitrogen and oxygen atoms in total. The molecule has 1 fully saturated rings. The molecule has 4 heteroatoms. The van der Waals surface area contributed by atoms with Crippen molar-refractivity contribution in [2.45, 2.75) is 18.9 Å². The second-order valence-electron chi connectivity index (χ2n) is 4.58. The number of rotatable bonds is 3. The van der Waals surface area contributed by atoms with Gasteiger partial charge in [-0.15, -0.1) is 0 Å². The van der Waals surface area contributed by atoms with Gasteiger partial charge in [-0.3, -0.25) is 4.79 Å². The third kappa shape index (κ3) is 2.84. The zero-order chi connectivity index (χ0) is 12.3. The van der Waals surface area contributed by atoms with Crippen molar-refractivity contribution in [1.82, 2.24) is 5.32 Å². The average molecular weight is 234 g/mol. The molecule has 4 N–H and O–H groups in total. The van der Waals surface area contributed by atoms with Crippen LogP contribution < -0.4 is 11.1 Å². The van der Waals surface area contributed by atoms with E-state index in [0.717, 1.165) is 12.1 Å². The number of carboxylic acid groups (broad SMARTS) is 1. The van der Waals surface area contributed by atoms with Gasteiger partial charge in [0.2, 0.25) is 0 Å². The maximum absolute atomic E-state index is 11.0. The Balaban J connectivity index is 2.13. The summed E-state index contributed by atoms with van der Waals surface area (Å²) in [5.74, 6) is -0.719. The minimum absolute atomic E-state index is 0.274. The highest BCUT2D eigenvalue weighted by molar-refractivity contribution is 5.70. The number of benzene rings is 1. The van der Waals surface area contributed by atoms with E-state index in [0.29, 0.717) is 19.5 Å². The quantitative estimate of drug-likeness (QED) is 0.727. The average Bonchev–Trinajstić information content (AvgIpc) is 2.39. The van der Waals surface area contributed by atoms with E-state index in [4.69, 9.17) is 10.8 Å². The Morgan fingerprint density at radius 3 is 3.00 bits per heavy atom. The molecule has 0 amide bonds. The van der Waals surface area contributed by atoms with Gasteiger partial charge >= 0.3 is 5.97 Å². The summed E-state index contributed by atoms with van der Waals surface area (Å²) in [6, 6.07) is 8.11. The smallest absolute Gasteiger partial charge is 0.307 e. The first kappa shape index (κ1) is 12.1. The van der Waals surface area contributed by atoms with Crippen LogP contribution in [0, 0.1) is 5.92 Å². The highest BCUT2D eigenvalue weighted by Crippen LogP contribution is 2.27. The fraction of sp³-hybridized carbons (Fsp3) is 0.462. The summed E-state index contributed by atoms with van der Waals surface area (Å²) in [5, 5.41) is 12.2. The van der Waals surface area contributed by atoms with Crippen molar-refractivity contribution >= 4 is 5.97 Å². The number of carbonyl (C=O) groups is 1. The van der Waals surface area contributed by atoms with Gasteiger partial charge in [-0.25, -0.2) is 0 Å². The molecule has 0 radical (unpaired) electrons. The normalized spacial score (nSPS) is 24.5. The van der Waals surface area contributed by atoms with Crippen LogP contribution in [0.2, 0.25) is 0 Å². The lowest BCUT2D eigenvalue weighted by Crippen LogP contribution is -2.38. The fourth-order valence-electron chi connectivity index (χ4n) is 2.36. The maximum atomic E-state index is 11.0. The first-order valence-electron chi connectivity index (χ1n) is 5.93. The zero-order valence-electron chi connectivity index (χ0n) is 9.73. The third-order valence-electron chi connectivity index (χ3n) is 3.36. The van der Waals surface area contributed by atoms with Gasteiger partial charge in [0.1, 0.15) is 0 Å². The van der Waals surface area contributed by atoms with E-state index < -0.39 is 5.97 Å². The molecule has 2 unspecified atom stereocenters. The van der Waals surface area contributed by atoms with Crippen molar-refractivity contribution < 1.29 is 9.90 Å². The highest BCUT2D eigenvalue weighted by Gasteiger charge is 2.27. The highest BCUT2D eigenvalue weighted by atomic mass is 16.4. The van der Waals surface area contributed by atoms with Crippen molar-refractivity contribution in [2.75, 3.05) is 13.1 Å². The summed E-state index contributed by atoms with van der Waals surface area (Å²) >= 11 is 0. The summed E-state index contributed by atoms with van der Waals surface area (Å²) in [4.78, 5) is 11.0. The molecule has 1 aromatic carbocycles. The van der Waals surface area contributed by atoms with Gasteiger partial charge in [-0.05, 0) is 23.5 Å². The van der Waals surface area contributed by atoms with E-state index in [9.17, 15) is 4.79 Å². The lowest BCUT2D eigenvalue weighted by molar-refractivity contribution is -0.142. The van der Waals surface area contributed by atoms with Crippen molar-refractivity contribution in [1.29, 1.82) is 0 Å². The molecule has 1 aliphatic heterocycles. The Morgan fingerprint density at radius 2 is 2.29 bits per heavy atom. The second kappa shape index (κ2) is 5.29. The van der Waals surface area contributed by atoms with Crippen LogP contribution in [0.25, 0.3) is 0 Å². The lowest BCUT2D eigenvalue weighted by Gasteiger charge is -2.28. The molecular formula is C13H18N2O2. The molecule has 1 heterocycles. The van der Waals surface area contributed by atoms with Gasteiger partial charge in [-0.2, -0.15) is 0 Å². The molecule has 17 heavy (non-hydrogen) atoms. The minimum atomic E-state index is -0.711. The summed E-state index contributed by atoms with van der Waals surface area (Å²) in [7, 11) is 0. The predicted octanol–water partition coefficient (Wildman–Crippen LogP) is 0.923. The molecule has 0 saturated carbocycles. The van der Waals surface area contributed by atoms with Crippen LogP contribution in [-0.4, -0.2) is 24.2 Å². The summed E-state index contributed by atoms with van der Waals surface area (Å²) in [6.45, 7) is 1.94. The van der Waals surface area contributed by atoms with Crippen LogP contribution in [0.5, 0.6) is 0 Å². The van der Waals surface area contributed by atoms with Gasteiger partial charge in [0.25, 0.3) is 0 Å². The van der Waals surface area contributed by atoms with Crippen molar-refractivity contribution in [3.8, 4) is 0 Å². The summed E-state index contributed by atoms with van der Waals surface area (Å²) < 4.78 is 0. The van der Waals surface area contributed by atoms with Gasteiger partial charge in [0.15, 0.2) is 0 Å². The van der Waals surface area contributed by atoms with Crippen LogP contribution in [0.4, 0.5) is 0 Å². The maximum Gasteiger partial charge on any atom is 0.307 e. The first-order valence-corrected chi connectivity index (χ1v) is 5.93. The topological polar surface area (TPSA) is 75.3 Å². The van der Waals surface area contributed by atoms with Crippen molar-refractivity contribution in [2.24, 2.45) is 11.7 Å². The Morgan fingerprint density at radius 1 is 1.47 bits per heavy atom. The van der Waals surface area contributed by atoms with Gasteiger partial charge in [-0.1, -0.05) is 24.3 Å². The second-order valence-corrected chi connectivity index (χ2v) is 4.58. The molecule has 1 saturated heterocycles. The fourth-order valence-corrected chi connectivity index (χ4v) is 2.36. The van der Waals surface area contributed by atoms with Crippen molar-refractivity contribution in [3.63, 3.8) is 0 Å². The van der Waals surface area contributed by atoms with Gasteiger partial charge in [0.05, 0.1) is 5.92 Å². The summed E-state index contributed by atoms with van der Waals surface area (Å²) in [6.07, 6.45) is 0.705. The Hall–Kier alpha value is -1.39. The molecule has 0 bridgehead atoms. The number of carboxylic acids is 1. The molecular weight excluding hydrogens is 216 g/mol. The van der Waals surface area contributed by atoms with Crippen LogP contribution in [0.3, 0.4) is 0 Å². The SMILES string of the molecule is NCc1cccc(C2CNCC(C(=O)O)C2)c1. The van der Waals surface area contributed by atoms with E-state index in [1.165, 1.54) is 5.56 Å². The standard InChI is InChI=1S/C13H18N2O2/c14-6-9-2-1-3-10(4-9)11-5-12(13(16)17)8-15-7-11/h1-4,11-12,15H,5-8,14H2,(H,16,17). The van der Waals surface area contributed by atoms with Crippen LogP contribution in [0.1, 0.15) is 23.5 Å². The van der Waals surface area contributed by atoms with Gasteiger partial charge < -0.3 is 16.2 Å². The molecule has 92 valence electrons. The van der Waals surface area contributed by atoms with Crippen LogP contribution >= 0.6 is 0 Å². The third-order valence-corrected chi connectivity index (χ3v) is 3.36. The lowest BCUT2D eigenvalue weighted by atomic mass is 9.85. The molecule has 0 spiro atoms. The molecule has 0 aliphatic carbocycles. The van der Waals surface area contributed by atoms with Gasteiger partial charge in [0, 0.05) is 19.6 Å². The molecule has 2 rings (SSSR count). The number of piperidine rings is 1.